The molecule has 1 amide bonds. The number of hydrogen-bond donors (Lipinski definition) is 0. The maximum Gasteiger partial charge on any atom is 0.270 e. The number of amides is 1. The van der Waals surface area contributed by atoms with Gasteiger partial charge in [0.2, 0.25) is 0 Å². The van der Waals surface area contributed by atoms with Crippen molar-refractivity contribution < 1.29 is 14.3 Å². The third-order valence-corrected chi connectivity index (χ3v) is 6.31. The number of carbonyl (C=O) groups excluding carboxylic acids is 1. The smallest absolute Gasteiger partial charge is 0.270 e. The number of carbonyl (C=O) groups is 1. The SMILES string of the molecule is CCOc1cc(/C=C2/SC(=S)N(c3ccc(C)c(C)c3)C2=O)ccc1OC(C)CC. The summed E-state index contributed by atoms with van der Waals surface area (Å²) in [7, 11) is 0. The average Bonchev–Trinajstić information content (AvgIpc) is 2.99. The van der Waals surface area contributed by atoms with E-state index in [0.717, 1.165) is 23.2 Å². The lowest BCUT2D eigenvalue weighted by atomic mass is 10.1. The van der Waals surface area contributed by atoms with Gasteiger partial charge in [-0.2, -0.15) is 0 Å². The van der Waals surface area contributed by atoms with E-state index in [9.17, 15) is 4.79 Å². The van der Waals surface area contributed by atoms with Crippen LogP contribution in [0.3, 0.4) is 0 Å². The monoisotopic (exact) mass is 441 g/mol. The average molecular weight is 442 g/mol. The molecule has 1 saturated heterocycles. The van der Waals surface area contributed by atoms with Crippen molar-refractivity contribution in [2.45, 2.75) is 47.1 Å². The zero-order valence-electron chi connectivity index (χ0n) is 18.0. The van der Waals surface area contributed by atoms with Gasteiger partial charge in [0.05, 0.1) is 23.3 Å². The van der Waals surface area contributed by atoms with E-state index in [1.54, 1.807) is 4.90 Å². The van der Waals surface area contributed by atoms with Crippen LogP contribution in [0.1, 0.15) is 43.9 Å². The van der Waals surface area contributed by atoms with Crippen molar-refractivity contribution in [1.82, 2.24) is 0 Å². The molecule has 0 bridgehead atoms. The maximum atomic E-state index is 13.1. The Balaban J connectivity index is 1.89. The van der Waals surface area contributed by atoms with Gasteiger partial charge in [-0.3, -0.25) is 9.69 Å². The number of benzene rings is 2. The first-order valence-corrected chi connectivity index (χ1v) is 11.3. The van der Waals surface area contributed by atoms with Crippen molar-refractivity contribution in [2.75, 3.05) is 11.5 Å². The van der Waals surface area contributed by atoms with Crippen LogP contribution in [0.25, 0.3) is 6.08 Å². The molecule has 158 valence electrons. The van der Waals surface area contributed by atoms with Crippen molar-refractivity contribution >= 4 is 46.0 Å². The number of rotatable bonds is 7. The molecule has 30 heavy (non-hydrogen) atoms. The van der Waals surface area contributed by atoms with Gasteiger partial charge in [-0.15, -0.1) is 0 Å². The van der Waals surface area contributed by atoms with Crippen molar-refractivity contribution in [1.29, 1.82) is 0 Å². The molecule has 0 spiro atoms. The summed E-state index contributed by atoms with van der Waals surface area (Å²) in [5.74, 6) is 1.29. The molecular formula is C24H27NO3S2. The summed E-state index contributed by atoms with van der Waals surface area (Å²) in [4.78, 5) is 15.3. The van der Waals surface area contributed by atoms with Gasteiger partial charge in [0.1, 0.15) is 0 Å². The van der Waals surface area contributed by atoms with E-state index < -0.39 is 0 Å². The van der Waals surface area contributed by atoms with Crippen LogP contribution in [0.2, 0.25) is 0 Å². The number of hydrogen-bond acceptors (Lipinski definition) is 5. The van der Waals surface area contributed by atoms with Gasteiger partial charge in [-0.1, -0.05) is 43.0 Å². The van der Waals surface area contributed by atoms with Gasteiger partial charge >= 0.3 is 0 Å². The molecule has 1 aliphatic rings. The molecule has 0 radical (unpaired) electrons. The molecule has 0 saturated carbocycles. The third-order valence-electron chi connectivity index (χ3n) is 5.01. The fourth-order valence-electron chi connectivity index (χ4n) is 2.99. The van der Waals surface area contributed by atoms with Crippen LogP contribution in [-0.2, 0) is 4.79 Å². The Labute approximate surface area is 188 Å². The zero-order chi connectivity index (χ0) is 21.8. The molecule has 4 nitrogen and oxygen atoms in total. The number of nitrogens with zero attached hydrogens (tertiary/aromatic N) is 1. The van der Waals surface area contributed by atoms with Crippen LogP contribution < -0.4 is 14.4 Å². The second-order valence-corrected chi connectivity index (χ2v) is 8.94. The highest BCUT2D eigenvalue weighted by atomic mass is 32.2. The first-order valence-electron chi connectivity index (χ1n) is 10.1. The molecular weight excluding hydrogens is 414 g/mol. The second-order valence-electron chi connectivity index (χ2n) is 7.26. The maximum absolute atomic E-state index is 13.1. The molecule has 0 N–H and O–H groups in total. The van der Waals surface area contributed by atoms with Crippen LogP contribution >= 0.6 is 24.0 Å². The standard InChI is InChI=1S/C24H27NO3S2/c1-6-17(5)28-20-11-9-18(13-21(20)27-7-2)14-22-23(26)25(24(29)30-22)19-10-8-15(3)16(4)12-19/h8-14,17H,6-7H2,1-5H3/b22-14+. The molecule has 1 fully saturated rings. The molecule has 2 aromatic carbocycles. The van der Waals surface area contributed by atoms with Crippen LogP contribution in [-0.4, -0.2) is 22.9 Å². The highest BCUT2D eigenvalue weighted by molar-refractivity contribution is 8.27. The quantitative estimate of drug-likeness (QED) is 0.373. The largest absolute Gasteiger partial charge is 0.490 e. The number of anilines is 1. The predicted octanol–water partition coefficient (Wildman–Crippen LogP) is 6.29. The summed E-state index contributed by atoms with van der Waals surface area (Å²) < 4.78 is 12.3. The molecule has 1 atom stereocenters. The summed E-state index contributed by atoms with van der Waals surface area (Å²) in [6.45, 7) is 10.7. The van der Waals surface area contributed by atoms with Gasteiger partial charge in [0, 0.05) is 0 Å². The third kappa shape index (κ3) is 4.87. The Bertz CT molecular complexity index is 1000. The van der Waals surface area contributed by atoms with Crippen molar-refractivity contribution in [3.8, 4) is 11.5 Å². The van der Waals surface area contributed by atoms with Crippen molar-refractivity contribution in [3.63, 3.8) is 0 Å². The summed E-state index contributed by atoms with van der Waals surface area (Å²) >= 11 is 6.82. The Morgan fingerprint density at radius 3 is 2.53 bits per heavy atom. The van der Waals surface area contributed by atoms with Crippen LogP contribution in [0.4, 0.5) is 5.69 Å². The summed E-state index contributed by atoms with van der Waals surface area (Å²) in [6.07, 6.45) is 2.87. The minimum absolute atomic E-state index is 0.101. The second kappa shape index (κ2) is 9.67. The van der Waals surface area contributed by atoms with E-state index in [4.69, 9.17) is 21.7 Å². The van der Waals surface area contributed by atoms with E-state index in [1.165, 1.54) is 17.3 Å². The Morgan fingerprint density at radius 2 is 1.87 bits per heavy atom. The minimum Gasteiger partial charge on any atom is -0.490 e. The molecule has 1 aliphatic heterocycles. The molecule has 0 aromatic heterocycles. The Morgan fingerprint density at radius 1 is 1.10 bits per heavy atom. The zero-order valence-corrected chi connectivity index (χ0v) is 19.7. The highest BCUT2D eigenvalue weighted by Gasteiger charge is 2.33. The molecule has 0 aliphatic carbocycles. The molecule has 3 rings (SSSR count). The van der Waals surface area contributed by atoms with Gasteiger partial charge in [0.25, 0.3) is 5.91 Å². The fourth-order valence-corrected chi connectivity index (χ4v) is 4.29. The van der Waals surface area contributed by atoms with E-state index in [2.05, 4.69) is 6.92 Å². The number of ether oxygens (including phenoxy) is 2. The normalized spacial score (nSPS) is 16.3. The molecule has 2 aromatic rings. The first-order chi connectivity index (χ1) is 14.3. The summed E-state index contributed by atoms with van der Waals surface area (Å²) in [5.41, 5.74) is 3.98. The van der Waals surface area contributed by atoms with Crippen LogP contribution in [0.15, 0.2) is 41.3 Å². The molecule has 1 heterocycles. The predicted molar refractivity (Wildman–Crippen MR) is 130 cm³/mol. The van der Waals surface area contributed by atoms with Gasteiger partial charge < -0.3 is 9.47 Å². The molecule has 1 unspecified atom stereocenters. The minimum atomic E-state index is -0.105. The molecule has 6 heteroatoms. The Kier molecular flexibility index (Phi) is 7.21. The number of thiocarbonyl (C=S) groups is 1. The topological polar surface area (TPSA) is 38.8 Å². The van der Waals surface area contributed by atoms with Crippen LogP contribution in [0.5, 0.6) is 11.5 Å². The van der Waals surface area contributed by atoms with E-state index in [1.807, 2.05) is 70.2 Å². The van der Waals surface area contributed by atoms with Gasteiger partial charge in [-0.25, -0.2) is 0 Å². The lowest BCUT2D eigenvalue weighted by Gasteiger charge is -2.17. The van der Waals surface area contributed by atoms with Crippen molar-refractivity contribution in [3.05, 3.63) is 58.0 Å². The number of thioether (sulfide) groups is 1. The summed E-state index contributed by atoms with van der Waals surface area (Å²) in [5, 5.41) is 0. The van der Waals surface area contributed by atoms with Gasteiger partial charge in [0.15, 0.2) is 15.8 Å². The fraction of sp³-hybridized carbons (Fsp3) is 0.333. The van der Waals surface area contributed by atoms with E-state index in [0.29, 0.717) is 27.3 Å². The summed E-state index contributed by atoms with van der Waals surface area (Å²) in [6, 6.07) is 11.7. The lowest BCUT2D eigenvalue weighted by Crippen LogP contribution is -2.27. The first kappa shape index (κ1) is 22.4. The highest BCUT2D eigenvalue weighted by Crippen LogP contribution is 2.38. The van der Waals surface area contributed by atoms with Gasteiger partial charge in [-0.05, 0) is 81.1 Å². The Hall–Kier alpha value is -2.31. The van der Waals surface area contributed by atoms with Crippen molar-refractivity contribution in [2.24, 2.45) is 0 Å². The van der Waals surface area contributed by atoms with E-state index in [-0.39, 0.29) is 12.0 Å². The lowest BCUT2D eigenvalue weighted by molar-refractivity contribution is -0.113. The van der Waals surface area contributed by atoms with E-state index >= 15 is 0 Å². The number of aryl methyl sites for hydroxylation is 2. The van der Waals surface area contributed by atoms with Crippen LogP contribution in [0, 0.1) is 13.8 Å².